The van der Waals surface area contributed by atoms with Gasteiger partial charge in [-0.25, -0.2) is 0 Å². The van der Waals surface area contributed by atoms with E-state index < -0.39 is 0 Å². The van der Waals surface area contributed by atoms with Crippen molar-refractivity contribution in [3.05, 3.63) is 50.6 Å². The second-order valence-electron chi connectivity index (χ2n) is 5.77. The Labute approximate surface area is 133 Å². The Morgan fingerprint density at radius 2 is 1.90 bits per heavy atom. The molecular formula is C16H20BrNOS. The molecule has 20 heavy (non-hydrogen) atoms. The highest BCUT2D eigenvalue weighted by Crippen LogP contribution is 2.22. The first-order chi connectivity index (χ1) is 9.42. The fraction of sp³-hybridized carbons (Fsp3) is 0.375. The van der Waals surface area contributed by atoms with Gasteiger partial charge in [-0.05, 0) is 60.5 Å². The first-order valence-corrected chi connectivity index (χ1v) is 8.29. The molecule has 1 aromatic heterocycles. The van der Waals surface area contributed by atoms with Crippen molar-refractivity contribution in [1.82, 2.24) is 5.32 Å². The van der Waals surface area contributed by atoms with Gasteiger partial charge in [0, 0.05) is 26.8 Å². The smallest absolute Gasteiger partial charge is 0.122 e. The van der Waals surface area contributed by atoms with Gasteiger partial charge in [-0.2, -0.15) is 0 Å². The van der Waals surface area contributed by atoms with Gasteiger partial charge < -0.3 is 10.1 Å². The molecule has 2 aromatic rings. The standard InChI is InChI=1S/C16H20BrNOS/c1-16(2,3)18-9-12-4-6-14(7-5-12)19-10-15-8-13(17)11-20-15/h4-8,11,18H,9-10H2,1-3H3. The van der Waals surface area contributed by atoms with Crippen LogP contribution in [-0.2, 0) is 13.2 Å². The maximum Gasteiger partial charge on any atom is 0.122 e. The molecule has 1 N–H and O–H groups in total. The topological polar surface area (TPSA) is 21.3 Å². The van der Waals surface area contributed by atoms with Gasteiger partial charge in [-0.1, -0.05) is 12.1 Å². The largest absolute Gasteiger partial charge is 0.488 e. The van der Waals surface area contributed by atoms with E-state index in [1.165, 1.54) is 10.4 Å². The van der Waals surface area contributed by atoms with Gasteiger partial charge in [0.2, 0.25) is 0 Å². The fourth-order valence-electron chi connectivity index (χ4n) is 1.65. The Balaban J connectivity index is 1.85. The molecular weight excluding hydrogens is 334 g/mol. The van der Waals surface area contributed by atoms with Crippen molar-refractivity contribution >= 4 is 27.3 Å². The molecule has 0 spiro atoms. The lowest BCUT2D eigenvalue weighted by Gasteiger charge is -2.20. The van der Waals surface area contributed by atoms with Crippen molar-refractivity contribution in [1.29, 1.82) is 0 Å². The van der Waals surface area contributed by atoms with E-state index in [4.69, 9.17) is 4.74 Å². The molecule has 0 bridgehead atoms. The van der Waals surface area contributed by atoms with Crippen molar-refractivity contribution in [2.24, 2.45) is 0 Å². The van der Waals surface area contributed by atoms with Crippen molar-refractivity contribution in [2.75, 3.05) is 0 Å². The monoisotopic (exact) mass is 353 g/mol. The maximum atomic E-state index is 5.77. The van der Waals surface area contributed by atoms with E-state index in [0.717, 1.165) is 16.8 Å². The van der Waals surface area contributed by atoms with Gasteiger partial charge in [-0.15, -0.1) is 11.3 Å². The van der Waals surface area contributed by atoms with Crippen LogP contribution in [0.3, 0.4) is 0 Å². The lowest BCUT2D eigenvalue weighted by atomic mass is 10.1. The third kappa shape index (κ3) is 5.27. The van der Waals surface area contributed by atoms with Crippen molar-refractivity contribution in [3.8, 4) is 5.75 Å². The molecule has 1 heterocycles. The Hall–Kier alpha value is -0.840. The molecule has 0 saturated carbocycles. The minimum Gasteiger partial charge on any atom is -0.488 e. The van der Waals surface area contributed by atoms with Crippen LogP contribution in [0.5, 0.6) is 5.75 Å². The molecule has 0 saturated heterocycles. The lowest BCUT2D eigenvalue weighted by molar-refractivity contribution is 0.309. The summed E-state index contributed by atoms with van der Waals surface area (Å²) < 4.78 is 6.89. The summed E-state index contributed by atoms with van der Waals surface area (Å²) in [6.07, 6.45) is 0. The van der Waals surface area contributed by atoms with Gasteiger partial charge in [-0.3, -0.25) is 0 Å². The number of nitrogens with one attached hydrogen (secondary N) is 1. The van der Waals surface area contributed by atoms with Gasteiger partial charge in [0.05, 0.1) is 0 Å². The van der Waals surface area contributed by atoms with Crippen molar-refractivity contribution < 1.29 is 4.74 Å². The number of benzene rings is 1. The number of thiophene rings is 1. The van der Waals surface area contributed by atoms with Crippen LogP contribution >= 0.6 is 27.3 Å². The Bertz CT molecular complexity index is 542. The molecule has 0 fully saturated rings. The number of rotatable bonds is 5. The Morgan fingerprint density at radius 3 is 2.45 bits per heavy atom. The SMILES string of the molecule is CC(C)(C)NCc1ccc(OCc2cc(Br)cs2)cc1. The maximum absolute atomic E-state index is 5.77. The van der Waals surface area contributed by atoms with Crippen molar-refractivity contribution in [2.45, 2.75) is 39.5 Å². The Morgan fingerprint density at radius 1 is 1.20 bits per heavy atom. The normalized spacial score (nSPS) is 11.6. The molecule has 0 aliphatic heterocycles. The third-order valence-electron chi connectivity index (χ3n) is 2.75. The highest BCUT2D eigenvalue weighted by molar-refractivity contribution is 9.10. The molecule has 4 heteroatoms. The fourth-order valence-corrected chi connectivity index (χ4v) is 3.02. The Kier molecular flexibility index (Phi) is 5.24. The van der Waals surface area contributed by atoms with Crippen LogP contribution in [-0.4, -0.2) is 5.54 Å². The van der Waals surface area contributed by atoms with Crippen LogP contribution in [0.15, 0.2) is 40.2 Å². The van der Waals surface area contributed by atoms with E-state index in [1.54, 1.807) is 11.3 Å². The zero-order valence-electron chi connectivity index (χ0n) is 12.1. The summed E-state index contributed by atoms with van der Waals surface area (Å²) >= 11 is 5.15. The third-order valence-corrected chi connectivity index (χ3v) is 4.42. The highest BCUT2D eigenvalue weighted by Gasteiger charge is 2.08. The van der Waals surface area contributed by atoms with Crippen LogP contribution in [0.2, 0.25) is 0 Å². The minimum atomic E-state index is 0.141. The van der Waals surface area contributed by atoms with E-state index in [2.05, 4.69) is 65.6 Å². The van der Waals surface area contributed by atoms with Gasteiger partial charge in [0.1, 0.15) is 12.4 Å². The molecule has 0 atom stereocenters. The van der Waals surface area contributed by atoms with Crippen LogP contribution in [0.25, 0.3) is 0 Å². The number of halogens is 1. The summed E-state index contributed by atoms with van der Waals surface area (Å²) in [5.41, 5.74) is 1.41. The van der Waals surface area contributed by atoms with E-state index in [-0.39, 0.29) is 5.54 Å². The number of ether oxygens (including phenoxy) is 1. The summed E-state index contributed by atoms with van der Waals surface area (Å²) in [6.45, 7) is 8.01. The van der Waals surface area contributed by atoms with Crippen LogP contribution in [0.4, 0.5) is 0 Å². The zero-order valence-corrected chi connectivity index (χ0v) is 14.5. The molecule has 1 aromatic carbocycles. The van der Waals surface area contributed by atoms with Crippen LogP contribution in [0, 0.1) is 0 Å². The summed E-state index contributed by atoms with van der Waals surface area (Å²) in [6, 6.07) is 10.4. The average molecular weight is 354 g/mol. The summed E-state index contributed by atoms with van der Waals surface area (Å²) in [4.78, 5) is 1.22. The predicted molar refractivity (Wildman–Crippen MR) is 89.4 cm³/mol. The predicted octanol–water partition coefficient (Wildman–Crippen LogP) is 4.98. The first kappa shape index (κ1) is 15.5. The van der Waals surface area contributed by atoms with Crippen molar-refractivity contribution in [3.63, 3.8) is 0 Å². The number of hydrogen-bond acceptors (Lipinski definition) is 3. The van der Waals surface area contributed by atoms with Gasteiger partial charge in [0.25, 0.3) is 0 Å². The summed E-state index contributed by atoms with van der Waals surface area (Å²) in [7, 11) is 0. The van der Waals surface area contributed by atoms with Gasteiger partial charge >= 0.3 is 0 Å². The number of hydrogen-bond donors (Lipinski definition) is 1. The minimum absolute atomic E-state index is 0.141. The summed E-state index contributed by atoms with van der Waals surface area (Å²) in [5.74, 6) is 0.911. The first-order valence-electron chi connectivity index (χ1n) is 6.62. The average Bonchev–Trinajstić information content (AvgIpc) is 2.80. The highest BCUT2D eigenvalue weighted by atomic mass is 79.9. The molecule has 2 rings (SSSR count). The molecule has 0 amide bonds. The zero-order chi connectivity index (χ0) is 14.6. The van der Waals surface area contributed by atoms with E-state index in [1.807, 2.05) is 12.1 Å². The molecule has 2 nitrogen and oxygen atoms in total. The summed E-state index contributed by atoms with van der Waals surface area (Å²) in [5, 5.41) is 5.54. The van der Waals surface area contributed by atoms with Crippen LogP contribution < -0.4 is 10.1 Å². The molecule has 0 aliphatic rings. The quantitative estimate of drug-likeness (QED) is 0.818. The molecule has 0 radical (unpaired) electrons. The second kappa shape index (κ2) is 6.74. The van der Waals surface area contributed by atoms with Gasteiger partial charge in [0.15, 0.2) is 0 Å². The second-order valence-corrected chi connectivity index (χ2v) is 7.68. The molecule has 0 aliphatic carbocycles. The molecule has 0 unspecified atom stereocenters. The van der Waals surface area contributed by atoms with E-state index in [9.17, 15) is 0 Å². The van der Waals surface area contributed by atoms with E-state index in [0.29, 0.717) is 6.61 Å². The lowest BCUT2D eigenvalue weighted by Crippen LogP contribution is -2.34. The van der Waals surface area contributed by atoms with E-state index >= 15 is 0 Å². The molecule has 108 valence electrons. The van der Waals surface area contributed by atoms with Crippen LogP contribution in [0.1, 0.15) is 31.2 Å².